The number of aliphatic hydroxyl groups excluding tert-OH is 13. The number of β-amino-alcohol motifs (C(OH)–C–C–N with tert-alkyl or cyclic N) is 1. The lowest BCUT2D eigenvalue weighted by atomic mass is 9.99. The molecular formula is C69H127N5O34. The minimum Gasteiger partial charge on any atom is -0.394 e. The standard InChI is InChI=1S/C69H127N5O34/c1-68(2,3)105-41-46-36-47(78)37-74(46)55(83)13-11-9-7-5-4-6-8-10-12-54(82)73-69(44-100-21-16-53(81)72-45-101-29-28-97-32-35-104-67-64(92)61(89)58(86)50(40-77)108-67,42-98-19-14-51(79)70-17-22-93-24-26-95-30-33-102-65-62(90)59(87)56(84)48(38-75)106-65)43-99-20-15-52(80)71-18-23-94-25-27-96-31-34-103-66-63(91)60(88)57(85)49(39-76)107-66/h46-50,56-67,75-78,84-92H,4-45H2,1-3H3,(H,70,79)(H,71,80)(H,72,81)(H,73,82)/t46-,47+,48?,49?,50?,56-,57-,58-,59-,60-,61-,62?,63?,64?,65+,66+,67+,69?/m0/s1. The van der Waals surface area contributed by atoms with Crippen molar-refractivity contribution in [3.8, 4) is 0 Å². The number of rotatable bonds is 61. The van der Waals surface area contributed by atoms with Gasteiger partial charge in [0.1, 0.15) is 85.5 Å². The summed E-state index contributed by atoms with van der Waals surface area (Å²) in [5.74, 6) is -1.54. The lowest BCUT2D eigenvalue weighted by Crippen LogP contribution is -2.59. The lowest BCUT2D eigenvalue weighted by Gasteiger charge is -2.39. The van der Waals surface area contributed by atoms with Crippen LogP contribution in [0.2, 0.25) is 0 Å². The zero-order valence-corrected chi connectivity index (χ0v) is 62.8. The maximum Gasteiger partial charge on any atom is 0.224 e. The van der Waals surface area contributed by atoms with E-state index in [9.17, 15) is 90.4 Å². The lowest BCUT2D eigenvalue weighted by molar-refractivity contribution is -0.302. The van der Waals surface area contributed by atoms with Gasteiger partial charge in [-0.1, -0.05) is 38.5 Å². The number of likely N-dealkylation sites (tertiary alicyclic amines) is 1. The fourth-order valence-corrected chi connectivity index (χ4v) is 11.5. The van der Waals surface area contributed by atoms with Gasteiger partial charge in [-0.15, -0.1) is 0 Å². The molecule has 0 aromatic heterocycles. The first-order valence-corrected chi connectivity index (χ1v) is 37.5. The van der Waals surface area contributed by atoms with Crippen LogP contribution in [0.15, 0.2) is 0 Å². The van der Waals surface area contributed by atoms with Gasteiger partial charge in [-0.2, -0.15) is 0 Å². The molecule has 108 heavy (non-hydrogen) atoms. The number of hydrogen-bond donors (Lipinski definition) is 17. The zero-order chi connectivity index (χ0) is 79.1. The largest absolute Gasteiger partial charge is 0.394 e. The number of carbonyl (C=O) groups excluding carboxylic acids is 5. The first-order chi connectivity index (χ1) is 51.8. The second-order valence-corrected chi connectivity index (χ2v) is 27.7. The van der Waals surface area contributed by atoms with Gasteiger partial charge >= 0.3 is 0 Å². The van der Waals surface area contributed by atoms with E-state index in [-0.39, 0.29) is 213 Å². The highest BCUT2D eigenvalue weighted by molar-refractivity contribution is 5.78. The second kappa shape index (κ2) is 55.6. The summed E-state index contributed by atoms with van der Waals surface area (Å²) in [5.41, 5.74) is -1.77. The van der Waals surface area contributed by atoms with E-state index in [0.29, 0.717) is 32.4 Å². The van der Waals surface area contributed by atoms with Gasteiger partial charge in [0, 0.05) is 45.3 Å². The van der Waals surface area contributed by atoms with Crippen molar-refractivity contribution in [3.63, 3.8) is 0 Å². The molecule has 0 spiro atoms. The van der Waals surface area contributed by atoms with Crippen LogP contribution in [-0.4, -0.2) is 401 Å². The SMILES string of the molecule is CC(C)(C)OC[C@@H]1C[C@@H](O)CN1C(=O)CCCCCCCCCCC(=O)NC(COCCC(=O)NCCOCCOCCO[C@@H]1OC(CO)[C@H](O)[C@H](O)C1O)(COCCC(=O)NCCOCCOCCO[C@@H]1OC(CO)[C@H](O)[C@H](O)C1O)COCCC(=O)NCOCCOCCO[C@@H]1OC(CO)[C@H](O)[C@H](O)C1O. The molecule has 39 nitrogen and oxygen atoms in total. The van der Waals surface area contributed by atoms with Crippen LogP contribution in [0.1, 0.15) is 111 Å². The highest BCUT2D eigenvalue weighted by Gasteiger charge is 2.47. The monoisotopic (exact) mass is 1570 g/mol. The van der Waals surface area contributed by atoms with Crippen molar-refractivity contribution in [3.05, 3.63) is 0 Å². The summed E-state index contributed by atoms with van der Waals surface area (Å²) in [5, 5.41) is 140. The summed E-state index contributed by atoms with van der Waals surface area (Å²) in [6.07, 6.45) is -14.6. The van der Waals surface area contributed by atoms with E-state index in [1.807, 2.05) is 20.8 Å². The van der Waals surface area contributed by atoms with Crippen molar-refractivity contribution >= 4 is 29.5 Å². The average Bonchev–Trinajstić information content (AvgIpc) is 1.10. The molecule has 4 rings (SSSR count). The van der Waals surface area contributed by atoms with Gasteiger partial charge in [0.05, 0.1) is 183 Å². The summed E-state index contributed by atoms with van der Waals surface area (Å²) >= 11 is 0. The molecule has 0 aromatic carbocycles. The van der Waals surface area contributed by atoms with Crippen molar-refractivity contribution in [1.29, 1.82) is 0 Å². The summed E-state index contributed by atoms with van der Waals surface area (Å²) in [7, 11) is 0. The van der Waals surface area contributed by atoms with E-state index in [0.717, 1.165) is 44.9 Å². The third kappa shape index (κ3) is 38.8. The summed E-state index contributed by atoms with van der Waals surface area (Å²) in [6, 6.07) is -0.152. The molecule has 4 aliphatic rings. The fraction of sp³-hybridized carbons (Fsp3) is 0.928. The Morgan fingerprint density at radius 1 is 0.389 bits per heavy atom. The average molecular weight is 1570 g/mol. The molecule has 0 saturated carbocycles. The molecule has 4 fully saturated rings. The molecule has 0 aromatic rings. The number of carbonyl (C=O) groups is 5. The molecule has 0 radical (unpaired) electrons. The van der Waals surface area contributed by atoms with Crippen molar-refractivity contribution in [1.82, 2.24) is 26.2 Å². The van der Waals surface area contributed by atoms with Crippen molar-refractivity contribution in [2.45, 2.75) is 226 Å². The molecule has 17 atom stereocenters. The number of amides is 5. The smallest absolute Gasteiger partial charge is 0.224 e. The number of ether oxygens (including phenoxy) is 16. The number of unbranched alkanes of at least 4 members (excludes halogenated alkanes) is 7. The fourth-order valence-electron chi connectivity index (χ4n) is 11.5. The van der Waals surface area contributed by atoms with Gasteiger partial charge in [-0.3, -0.25) is 24.0 Å². The summed E-state index contributed by atoms with van der Waals surface area (Å²) in [4.78, 5) is 67.7. The Balaban J connectivity index is 1.26. The topological polar surface area (TPSA) is 547 Å². The molecule has 4 heterocycles. The Kier molecular flexibility index (Phi) is 49.7. The van der Waals surface area contributed by atoms with Gasteiger partial charge in [0.2, 0.25) is 29.5 Å². The molecule has 4 saturated heterocycles. The predicted molar refractivity (Wildman–Crippen MR) is 373 cm³/mol. The Labute approximate surface area is 630 Å². The number of nitrogens with one attached hydrogen (secondary N) is 4. The van der Waals surface area contributed by atoms with Gasteiger partial charge < -0.3 is 168 Å². The van der Waals surface area contributed by atoms with Crippen molar-refractivity contribution in [2.24, 2.45) is 0 Å². The minimum absolute atomic E-state index is 0.0189. The third-order valence-electron chi connectivity index (χ3n) is 17.6. The van der Waals surface area contributed by atoms with E-state index >= 15 is 0 Å². The van der Waals surface area contributed by atoms with Gasteiger partial charge in [0.15, 0.2) is 18.9 Å². The normalized spacial score (nSPS) is 27.3. The van der Waals surface area contributed by atoms with E-state index in [1.54, 1.807) is 4.90 Å². The van der Waals surface area contributed by atoms with E-state index in [2.05, 4.69) is 21.3 Å². The molecule has 0 bridgehead atoms. The van der Waals surface area contributed by atoms with Crippen LogP contribution in [0, 0.1) is 0 Å². The summed E-state index contributed by atoms with van der Waals surface area (Å²) in [6.45, 7) is 4.76. The number of aliphatic hydroxyl groups is 13. The van der Waals surface area contributed by atoms with Crippen LogP contribution < -0.4 is 21.3 Å². The van der Waals surface area contributed by atoms with Crippen LogP contribution >= 0.6 is 0 Å². The quantitative estimate of drug-likeness (QED) is 0.0199. The third-order valence-corrected chi connectivity index (χ3v) is 17.6. The zero-order valence-electron chi connectivity index (χ0n) is 62.8. The molecule has 39 heteroatoms. The predicted octanol–water partition coefficient (Wildman–Crippen LogP) is -6.41. The van der Waals surface area contributed by atoms with Crippen LogP contribution in [0.4, 0.5) is 0 Å². The maximum absolute atomic E-state index is 13.9. The number of nitrogens with zero attached hydrogens (tertiary/aromatic N) is 1. The molecule has 632 valence electrons. The highest BCUT2D eigenvalue weighted by Crippen LogP contribution is 2.26. The van der Waals surface area contributed by atoms with Crippen LogP contribution in [-0.2, 0) is 99.8 Å². The van der Waals surface area contributed by atoms with E-state index in [4.69, 9.17) is 75.8 Å². The van der Waals surface area contributed by atoms with Crippen molar-refractivity contribution in [2.75, 3.05) is 185 Å². The molecule has 6 unspecified atom stereocenters. The van der Waals surface area contributed by atoms with Crippen LogP contribution in [0.25, 0.3) is 0 Å². The first kappa shape index (κ1) is 96.6. The van der Waals surface area contributed by atoms with Gasteiger partial charge in [-0.25, -0.2) is 0 Å². The molecule has 17 N–H and O–H groups in total. The molecule has 4 aliphatic heterocycles. The van der Waals surface area contributed by atoms with Crippen LogP contribution in [0.3, 0.4) is 0 Å². The Hall–Kier alpha value is -3.81. The Morgan fingerprint density at radius 3 is 1.13 bits per heavy atom. The minimum atomic E-state index is -1.59. The van der Waals surface area contributed by atoms with Gasteiger partial charge in [0.25, 0.3) is 0 Å². The van der Waals surface area contributed by atoms with E-state index in [1.165, 1.54) is 0 Å². The molecule has 0 aliphatic carbocycles. The van der Waals surface area contributed by atoms with E-state index < -0.39 is 129 Å². The van der Waals surface area contributed by atoms with Gasteiger partial charge in [-0.05, 0) is 40.0 Å². The molecule has 5 amide bonds. The Morgan fingerprint density at radius 2 is 0.741 bits per heavy atom. The second-order valence-electron chi connectivity index (χ2n) is 27.7. The van der Waals surface area contributed by atoms with Crippen molar-refractivity contribution < 1.29 is 166 Å². The Bertz CT molecular complexity index is 2320. The first-order valence-electron chi connectivity index (χ1n) is 37.5. The maximum atomic E-state index is 13.9. The summed E-state index contributed by atoms with van der Waals surface area (Å²) < 4.78 is 89.2. The highest BCUT2D eigenvalue weighted by atomic mass is 16.7. The number of hydrogen-bond acceptors (Lipinski definition) is 34. The van der Waals surface area contributed by atoms with Crippen LogP contribution in [0.5, 0.6) is 0 Å². The molecular weight excluding hydrogens is 1440 g/mol.